The summed E-state index contributed by atoms with van der Waals surface area (Å²) in [5.74, 6) is 0.939. The molecule has 0 aliphatic carbocycles. The highest BCUT2D eigenvalue weighted by molar-refractivity contribution is 5.81. The van der Waals surface area contributed by atoms with E-state index >= 15 is 0 Å². The fourth-order valence-corrected chi connectivity index (χ4v) is 2.85. The van der Waals surface area contributed by atoms with E-state index in [2.05, 4.69) is 15.0 Å². The number of anilines is 1. The van der Waals surface area contributed by atoms with Crippen LogP contribution in [0.5, 0.6) is 0 Å². The minimum atomic E-state index is -0.943. The second-order valence-corrected chi connectivity index (χ2v) is 5.54. The molecule has 0 amide bonds. The van der Waals surface area contributed by atoms with Gasteiger partial charge in [-0.3, -0.25) is 4.57 Å². The van der Waals surface area contributed by atoms with Crippen molar-refractivity contribution in [1.82, 2.24) is 19.5 Å². The quantitative estimate of drug-likeness (QED) is 0.679. The second-order valence-electron chi connectivity index (χ2n) is 5.54. The molecule has 2 aromatic rings. The SMILES string of the molecule is CCCc1nc(N)c2ncn([C@@H]3O[C@H](CO)[C@@H](O)[C@H]3OC)c2n1. The third-order valence-electron chi connectivity index (χ3n) is 4.01. The average Bonchev–Trinajstić information content (AvgIpc) is 3.08. The lowest BCUT2D eigenvalue weighted by molar-refractivity contribution is -0.0583. The number of nitrogens with two attached hydrogens (primary N) is 1. The summed E-state index contributed by atoms with van der Waals surface area (Å²) in [5.41, 5.74) is 6.96. The Morgan fingerprint density at radius 1 is 1.43 bits per heavy atom. The first kappa shape index (κ1) is 16.1. The molecular weight excluding hydrogens is 302 g/mol. The summed E-state index contributed by atoms with van der Waals surface area (Å²) in [6, 6.07) is 0. The second kappa shape index (κ2) is 6.36. The minimum absolute atomic E-state index is 0.303. The number of fused-ring (bicyclic) bond motifs is 1. The van der Waals surface area contributed by atoms with Crippen molar-refractivity contribution in [2.45, 2.75) is 44.3 Å². The molecule has 1 aliphatic rings. The molecule has 2 aromatic heterocycles. The highest BCUT2D eigenvalue weighted by Crippen LogP contribution is 2.33. The molecule has 1 aliphatic heterocycles. The maximum absolute atomic E-state index is 10.2. The van der Waals surface area contributed by atoms with Gasteiger partial charge in [-0.1, -0.05) is 6.92 Å². The monoisotopic (exact) mass is 323 g/mol. The summed E-state index contributed by atoms with van der Waals surface area (Å²) in [4.78, 5) is 13.0. The van der Waals surface area contributed by atoms with E-state index in [4.69, 9.17) is 15.2 Å². The first-order valence-corrected chi connectivity index (χ1v) is 7.56. The molecule has 1 saturated heterocycles. The molecule has 3 heterocycles. The van der Waals surface area contributed by atoms with Gasteiger partial charge in [0.05, 0.1) is 12.9 Å². The fraction of sp³-hybridized carbons (Fsp3) is 0.643. The molecule has 1 fully saturated rings. The van der Waals surface area contributed by atoms with Gasteiger partial charge in [0.1, 0.15) is 29.7 Å². The van der Waals surface area contributed by atoms with Crippen molar-refractivity contribution in [2.24, 2.45) is 0 Å². The van der Waals surface area contributed by atoms with Gasteiger partial charge < -0.3 is 25.4 Å². The molecular formula is C14H21N5O4. The molecule has 0 spiro atoms. The van der Waals surface area contributed by atoms with Crippen LogP contribution in [0, 0.1) is 0 Å². The number of aliphatic hydroxyl groups excluding tert-OH is 2. The zero-order valence-corrected chi connectivity index (χ0v) is 13.1. The summed E-state index contributed by atoms with van der Waals surface area (Å²) in [6.45, 7) is 1.73. The first-order valence-electron chi connectivity index (χ1n) is 7.56. The molecule has 3 rings (SSSR count). The van der Waals surface area contributed by atoms with E-state index in [0.29, 0.717) is 29.2 Å². The highest BCUT2D eigenvalue weighted by Gasteiger charge is 2.45. The molecule has 0 bridgehead atoms. The van der Waals surface area contributed by atoms with Crippen molar-refractivity contribution in [2.75, 3.05) is 19.5 Å². The number of rotatable bonds is 5. The number of hydrogen-bond donors (Lipinski definition) is 3. The number of aliphatic hydroxyl groups is 2. The Hall–Kier alpha value is -1.81. The number of nitrogen functional groups attached to an aromatic ring is 1. The summed E-state index contributed by atoms with van der Waals surface area (Å²) in [7, 11) is 1.48. The first-order chi connectivity index (χ1) is 11.1. The molecule has 0 radical (unpaired) electrons. The number of hydrogen-bond acceptors (Lipinski definition) is 8. The number of ether oxygens (including phenoxy) is 2. The van der Waals surface area contributed by atoms with Gasteiger partial charge in [0, 0.05) is 13.5 Å². The molecule has 0 aromatic carbocycles. The van der Waals surface area contributed by atoms with Crippen LogP contribution in [0.3, 0.4) is 0 Å². The number of aryl methyl sites for hydroxylation is 1. The van der Waals surface area contributed by atoms with Crippen molar-refractivity contribution < 1.29 is 19.7 Å². The Kier molecular flexibility index (Phi) is 4.44. The van der Waals surface area contributed by atoms with Crippen LogP contribution in [0.15, 0.2) is 6.33 Å². The van der Waals surface area contributed by atoms with Crippen molar-refractivity contribution in [3.8, 4) is 0 Å². The Morgan fingerprint density at radius 3 is 2.87 bits per heavy atom. The van der Waals surface area contributed by atoms with E-state index < -0.39 is 24.5 Å². The van der Waals surface area contributed by atoms with Gasteiger partial charge in [0.25, 0.3) is 0 Å². The van der Waals surface area contributed by atoms with Gasteiger partial charge >= 0.3 is 0 Å². The molecule has 4 atom stereocenters. The topological polar surface area (TPSA) is 129 Å². The van der Waals surface area contributed by atoms with Crippen LogP contribution >= 0.6 is 0 Å². The number of nitrogens with zero attached hydrogens (tertiary/aromatic N) is 4. The van der Waals surface area contributed by atoms with E-state index in [9.17, 15) is 10.2 Å². The molecule has 126 valence electrons. The molecule has 23 heavy (non-hydrogen) atoms. The van der Waals surface area contributed by atoms with Gasteiger partial charge in [0.15, 0.2) is 17.7 Å². The van der Waals surface area contributed by atoms with E-state index in [1.807, 2.05) is 6.92 Å². The molecule has 0 unspecified atom stereocenters. The largest absolute Gasteiger partial charge is 0.394 e. The Labute approximate surface area is 133 Å². The Balaban J connectivity index is 2.05. The molecule has 0 saturated carbocycles. The Morgan fingerprint density at radius 2 is 2.22 bits per heavy atom. The van der Waals surface area contributed by atoms with Gasteiger partial charge in [0.2, 0.25) is 0 Å². The van der Waals surface area contributed by atoms with E-state index in [-0.39, 0.29) is 6.61 Å². The zero-order valence-electron chi connectivity index (χ0n) is 13.1. The van der Waals surface area contributed by atoms with Crippen LogP contribution in [-0.4, -0.2) is 61.8 Å². The van der Waals surface area contributed by atoms with E-state index in [0.717, 1.165) is 6.42 Å². The average molecular weight is 323 g/mol. The minimum Gasteiger partial charge on any atom is -0.394 e. The Bertz CT molecular complexity index is 691. The predicted octanol–water partition coefficient (Wildman–Crippen LogP) is -0.373. The van der Waals surface area contributed by atoms with Gasteiger partial charge in [-0.15, -0.1) is 0 Å². The predicted molar refractivity (Wildman–Crippen MR) is 81.5 cm³/mol. The smallest absolute Gasteiger partial charge is 0.167 e. The standard InChI is InChI=1S/C14H21N5O4/c1-3-4-8-17-12(15)9-13(18-8)19(6-16-9)14-11(22-2)10(21)7(5-20)23-14/h6-7,10-11,14,20-21H,3-5H2,1-2H3,(H2,15,17,18)/t7-,10-,11-,14-/m1/s1. The summed E-state index contributed by atoms with van der Waals surface area (Å²) in [5, 5.41) is 19.5. The van der Waals surface area contributed by atoms with Crippen molar-refractivity contribution in [3.05, 3.63) is 12.2 Å². The zero-order chi connectivity index (χ0) is 16.6. The number of aromatic nitrogens is 4. The number of imidazole rings is 1. The molecule has 9 nitrogen and oxygen atoms in total. The van der Waals surface area contributed by atoms with Crippen molar-refractivity contribution >= 4 is 17.0 Å². The third-order valence-corrected chi connectivity index (χ3v) is 4.01. The van der Waals surface area contributed by atoms with E-state index in [1.54, 1.807) is 4.57 Å². The van der Waals surface area contributed by atoms with Gasteiger partial charge in [-0.05, 0) is 6.42 Å². The maximum atomic E-state index is 10.2. The van der Waals surface area contributed by atoms with Gasteiger partial charge in [-0.25, -0.2) is 15.0 Å². The molecule has 9 heteroatoms. The van der Waals surface area contributed by atoms with Crippen LogP contribution in [0.1, 0.15) is 25.4 Å². The van der Waals surface area contributed by atoms with Crippen LogP contribution < -0.4 is 5.73 Å². The lowest BCUT2D eigenvalue weighted by atomic mass is 10.1. The van der Waals surface area contributed by atoms with Crippen molar-refractivity contribution in [3.63, 3.8) is 0 Å². The van der Waals surface area contributed by atoms with Crippen LogP contribution in [0.2, 0.25) is 0 Å². The van der Waals surface area contributed by atoms with E-state index in [1.165, 1.54) is 13.4 Å². The summed E-state index contributed by atoms with van der Waals surface area (Å²) < 4.78 is 12.7. The summed E-state index contributed by atoms with van der Waals surface area (Å²) in [6.07, 6.45) is 0.168. The van der Waals surface area contributed by atoms with Crippen LogP contribution in [0.4, 0.5) is 5.82 Å². The molecule has 4 N–H and O–H groups in total. The summed E-state index contributed by atoms with van der Waals surface area (Å²) >= 11 is 0. The highest BCUT2D eigenvalue weighted by atomic mass is 16.6. The van der Waals surface area contributed by atoms with Crippen molar-refractivity contribution in [1.29, 1.82) is 0 Å². The van der Waals surface area contributed by atoms with Gasteiger partial charge in [-0.2, -0.15) is 0 Å². The fourth-order valence-electron chi connectivity index (χ4n) is 2.85. The lowest BCUT2D eigenvalue weighted by Crippen LogP contribution is -2.34. The maximum Gasteiger partial charge on any atom is 0.167 e. The van der Waals surface area contributed by atoms with Crippen LogP contribution in [-0.2, 0) is 15.9 Å². The number of methoxy groups -OCH3 is 1. The normalized spacial score (nSPS) is 27.8. The third kappa shape index (κ3) is 2.65. The van der Waals surface area contributed by atoms with Crippen LogP contribution in [0.25, 0.3) is 11.2 Å². The lowest BCUT2D eigenvalue weighted by Gasteiger charge is -2.20.